The van der Waals surface area contributed by atoms with Gasteiger partial charge in [-0.2, -0.15) is 0 Å². The molecule has 0 fully saturated rings. The molecule has 16 heavy (non-hydrogen) atoms. The predicted octanol–water partition coefficient (Wildman–Crippen LogP) is 3.55. The van der Waals surface area contributed by atoms with E-state index in [1.54, 1.807) is 6.08 Å². The first-order valence-corrected chi connectivity index (χ1v) is 5.42. The zero-order valence-corrected chi connectivity index (χ0v) is 9.45. The van der Waals surface area contributed by atoms with Gasteiger partial charge in [0.25, 0.3) is 0 Å². The number of halogens is 1. The summed E-state index contributed by atoms with van der Waals surface area (Å²) < 4.78 is 5.59. The Labute approximate surface area is 99.3 Å². The number of anilines is 1. The summed E-state index contributed by atoms with van der Waals surface area (Å²) in [7, 11) is 0. The van der Waals surface area contributed by atoms with E-state index in [2.05, 4.69) is 0 Å². The number of hydrogen-bond acceptors (Lipinski definition) is 2. The van der Waals surface area contributed by atoms with Crippen molar-refractivity contribution in [3.63, 3.8) is 0 Å². The first kappa shape index (κ1) is 10.8. The molecule has 0 saturated carbocycles. The van der Waals surface area contributed by atoms with Crippen molar-refractivity contribution in [2.24, 2.45) is 0 Å². The normalized spacial score (nSPS) is 11.1. The summed E-state index contributed by atoms with van der Waals surface area (Å²) in [4.78, 5) is 0. The van der Waals surface area contributed by atoms with Crippen LogP contribution in [0.15, 0.2) is 48.0 Å². The van der Waals surface area contributed by atoms with Crippen molar-refractivity contribution in [3.05, 3.63) is 48.0 Å². The van der Waals surface area contributed by atoms with Crippen molar-refractivity contribution >= 4 is 28.1 Å². The maximum absolute atomic E-state index is 5.89. The number of rotatable bonds is 3. The van der Waals surface area contributed by atoms with Crippen molar-refractivity contribution in [1.29, 1.82) is 0 Å². The van der Waals surface area contributed by atoms with Crippen LogP contribution in [0.25, 0.3) is 10.8 Å². The summed E-state index contributed by atoms with van der Waals surface area (Å²) in [5, 5.41) is 2.03. The van der Waals surface area contributed by atoms with Gasteiger partial charge in [0.05, 0.1) is 0 Å². The summed E-state index contributed by atoms with van der Waals surface area (Å²) in [5.41, 5.74) is 8.09. The molecule has 0 unspecified atom stereocenters. The van der Waals surface area contributed by atoms with Gasteiger partial charge >= 0.3 is 0 Å². The second-order valence-corrected chi connectivity index (χ2v) is 3.62. The molecule has 0 aromatic heterocycles. The summed E-state index contributed by atoms with van der Waals surface area (Å²) in [6.07, 6.45) is 1.74. The largest absolute Gasteiger partial charge is 0.489 e. The standard InChI is InChI=1S/C13H12ClNO/c14-8-3-9-16-13-7-6-12(15)10-4-1-2-5-11(10)13/h1-8H,9,15H2/b8-3+. The lowest BCUT2D eigenvalue weighted by Gasteiger charge is -2.09. The van der Waals surface area contributed by atoms with Crippen LogP contribution in [0.1, 0.15) is 0 Å². The van der Waals surface area contributed by atoms with E-state index >= 15 is 0 Å². The molecule has 2 nitrogen and oxygen atoms in total. The van der Waals surface area contributed by atoms with Crippen LogP contribution in [0.2, 0.25) is 0 Å². The Morgan fingerprint density at radius 1 is 1.12 bits per heavy atom. The fraction of sp³-hybridized carbons (Fsp3) is 0.0769. The zero-order chi connectivity index (χ0) is 11.4. The van der Waals surface area contributed by atoms with E-state index in [1.807, 2.05) is 36.4 Å². The number of fused-ring (bicyclic) bond motifs is 1. The van der Waals surface area contributed by atoms with E-state index in [-0.39, 0.29) is 0 Å². The smallest absolute Gasteiger partial charge is 0.127 e. The Balaban J connectivity index is 2.42. The predicted molar refractivity (Wildman–Crippen MR) is 68.8 cm³/mol. The van der Waals surface area contributed by atoms with Crippen LogP contribution in [0, 0.1) is 0 Å². The molecule has 2 aromatic carbocycles. The number of nitrogens with two attached hydrogens (primary N) is 1. The minimum absolute atomic E-state index is 0.456. The molecule has 0 heterocycles. The van der Waals surface area contributed by atoms with Crippen molar-refractivity contribution in [2.45, 2.75) is 0 Å². The molecule has 0 saturated heterocycles. The fourth-order valence-corrected chi connectivity index (χ4v) is 1.67. The van der Waals surface area contributed by atoms with Crippen LogP contribution < -0.4 is 10.5 Å². The number of benzene rings is 2. The third-order valence-electron chi connectivity index (χ3n) is 2.34. The molecule has 0 atom stereocenters. The first-order valence-electron chi connectivity index (χ1n) is 4.98. The highest BCUT2D eigenvalue weighted by Gasteiger charge is 2.03. The number of ether oxygens (including phenoxy) is 1. The molecule has 0 aliphatic rings. The van der Waals surface area contributed by atoms with E-state index in [0.29, 0.717) is 6.61 Å². The second kappa shape index (κ2) is 4.90. The molecule has 0 aliphatic carbocycles. The minimum Gasteiger partial charge on any atom is -0.489 e. The summed E-state index contributed by atoms with van der Waals surface area (Å²) in [5.74, 6) is 0.819. The lowest BCUT2D eigenvalue weighted by Crippen LogP contribution is -1.95. The van der Waals surface area contributed by atoms with Gasteiger partial charge in [0.2, 0.25) is 0 Å². The Morgan fingerprint density at radius 3 is 2.62 bits per heavy atom. The molecule has 3 heteroatoms. The maximum Gasteiger partial charge on any atom is 0.127 e. The summed E-state index contributed by atoms with van der Waals surface area (Å²) >= 11 is 5.43. The van der Waals surface area contributed by atoms with Crippen molar-refractivity contribution in [3.8, 4) is 5.75 Å². The molecule has 0 amide bonds. The lowest BCUT2D eigenvalue weighted by molar-refractivity contribution is 0.367. The Bertz CT molecular complexity index is 522. The van der Waals surface area contributed by atoms with E-state index in [1.165, 1.54) is 5.54 Å². The monoisotopic (exact) mass is 233 g/mol. The average molecular weight is 234 g/mol. The van der Waals surface area contributed by atoms with Crippen LogP contribution in [-0.2, 0) is 0 Å². The van der Waals surface area contributed by atoms with Gasteiger partial charge in [-0.05, 0) is 18.2 Å². The van der Waals surface area contributed by atoms with Gasteiger partial charge in [0.1, 0.15) is 12.4 Å². The molecular weight excluding hydrogens is 222 g/mol. The van der Waals surface area contributed by atoms with E-state index < -0.39 is 0 Å². The Kier molecular flexibility index (Phi) is 3.32. The molecule has 82 valence electrons. The van der Waals surface area contributed by atoms with Crippen LogP contribution in [0.5, 0.6) is 5.75 Å². The SMILES string of the molecule is Nc1ccc(OC/C=C/Cl)c2ccccc12. The highest BCUT2D eigenvalue weighted by Crippen LogP contribution is 2.29. The van der Waals surface area contributed by atoms with Crippen molar-refractivity contribution < 1.29 is 4.74 Å². The van der Waals surface area contributed by atoms with Crippen LogP contribution >= 0.6 is 11.6 Å². The second-order valence-electron chi connectivity index (χ2n) is 3.37. The first-order chi connectivity index (χ1) is 7.83. The zero-order valence-electron chi connectivity index (χ0n) is 8.69. The van der Waals surface area contributed by atoms with Crippen molar-refractivity contribution in [2.75, 3.05) is 12.3 Å². The summed E-state index contributed by atoms with van der Waals surface area (Å²) in [6, 6.07) is 11.6. The average Bonchev–Trinajstić information content (AvgIpc) is 2.33. The van der Waals surface area contributed by atoms with Crippen LogP contribution in [0.4, 0.5) is 5.69 Å². The number of hydrogen-bond donors (Lipinski definition) is 1. The van der Waals surface area contributed by atoms with Crippen LogP contribution in [-0.4, -0.2) is 6.61 Å². The fourth-order valence-electron chi connectivity index (χ4n) is 1.59. The van der Waals surface area contributed by atoms with E-state index in [0.717, 1.165) is 22.2 Å². The molecule has 0 spiro atoms. The van der Waals surface area contributed by atoms with E-state index in [4.69, 9.17) is 22.1 Å². The molecular formula is C13H12ClNO. The minimum atomic E-state index is 0.456. The third-order valence-corrected chi connectivity index (χ3v) is 2.52. The van der Waals surface area contributed by atoms with Gasteiger partial charge in [0, 0.05) is 22.0 Å². The third kappa shape index (κ3) is 2.12. The number of nitrogen functional groups attached to an aromatic ring is 1. The van der Waals surface area contributed by atoms with Gasteiger partial charge in [-0.25, -0.2) is 0 Å². The van der Waals surface area contributed by atoms with Crippen LogP contribution in [0.3, 0.4) is 0 Å². The maximum atomic E-state index is 5.89. The molecule has 2 N–H and O–H groups in total. The lowest BCUT2D eigenvalue weighted by atomic mass is 10.1. The quantitative estimate of drug-likeness (QED) is 0.823. The van der Waals surface area contributed by atoms with E-state index in [9.17, 15) is 0 Å². The molecule has 0 bridgehead atoms. The van der Waals surface area contributed by atoms with Gasteiger partial charge < -0.3 is 10.5 Å². The topological polar surface area (TPSA) is 35.2 Å². The van der Waals surface area contributed by atoms with Gasteiger partial charge in [-0.15, -0.1) is 0 Å². The Hall–Kier alpha value is -1.67. The molecule has 0 aliphatic heterocycles. The molecule has 0 radical (unpaired) electrons. The highest BCUT2D eigenvalue weighted by molar-refractivity contribution is 6.25. The van der Waals surface area contributed by atoms with Gasteiger partial charge in [-0.3, -0.25) is 0 Å². The van der Waals surface area contributed by atoms with Gasteiger partial charge in [-0.1, -0.05) is 35.9 Å². The van der Waals surface area contributed by atoms with Crippen molar-refractivity contribution in [1.82, 2.24) is 0 Å². The summed E-state index contributed by atoms with van der Waals surface area (Å²) in [6.45, 7) is 0.456. The highest BCUT2D eigenvalue weighted by atomic mass is 35.5. The Morgan fingerprint density at radius 2 is 1.88 bits per heavy atom. The molecule has 2 aromatic rings. The van der Waals surface area contributed by atoms with Gasteiger partial charge in [0.15, 0.2) is 0 Å². The molecule has 2 rings (SSSR count).